The number of phenols is 1. The van der Waals surface area contributed by atoms with Crippen LogP contribution >= 0.6 is 0 Å². The Morgan fingerprint density at radius 1 is 1.12 bits per heavy atom. The summed E-state index contributed by atoms with van der Waals surface area (Å²) in [6.45, 7) is 6.64. The number of ether oxygens (including phenoxy) is 1. The number of rotatable bonds is 8. The van der Waals surface area contributed by atoms with Crippen LogP contribution in [-0.2, 0) is 12.8 Å². The highest BCUT2D eigenvalue weighted by molar-refractivity contribution is 6.07. The summed E-state index contributed by atoms with van der Waals surface area (Å²) in [5.41, 5.74) is 9.28. The minimum Gasteiger partial charge on any atom is -0.507 e. The van der Waals surface area contributed by atoms with Gasteiger partial charge < -0.3 is 15.6 Å². The fraction of sp³-hybridized carbons (Fsp3) is 0.318. The van der Waals surface area contributed by atoms with Gasteiger partial charge in [0.05, 0.1) is 12.2 Å². The first kappa shape index (κ1) is 19.6. The van der Waals surface area contributed by atoms with E-state index >= 15 is 0 Å². The highest BCUT2D eigenvalue weighted by Crippen LogP contribution is 2.37. The van der Waals surface area contributed by atoms with Gasteiger partial charge in [0, 0.05) is 11.3 Å². The molecule has 0 saturated carbocycles. The van der Waals surface area contributed by atoms with Crippen LogP contribution in [0.3, 0.4) is 0 Å². The normalized spacial score (nSPS) is 11.0. The van der Waals surface area contributed by atoms with Crippen LogP contribution in [0.5, 0.6) is 11.5 Å². The molecule has 0 bridgehead atoms. The molecule has 0 saturated heterocycles. The molecule has 0 fully saturated rings. The Morgan fingerprint density at radius 3 is 2.35 bits per heavy atom. The standard InChI is InChI=1S/C22H27NO3/c1-4-13-26-22-16(6-3)14-15(5-2)21(25)19(22)11-12-20(24)17-7-9-18(23)10-8-17/h7-12,14,25H,4-6,13,23H2,1-3H3. The van der Waals surface area contributed by atoms with Crippen molar-refractivity contribution < 1.29 is 14.6 Å². The van der Waals surface area contributed by atoms with Crippen molar-refractivity contribution in [1.29, 1.82) is 0 Å². The van der Waals surface area contributed by atoms with Gasteiger partial charge in [0.15, 0.2) is 5.78 Å². The average Bonchev–Trinajstić information content (AvgIpc) is 2.65. The molecule has 2 aromatic carbocycles. The van der Waals surface area contributed by atoms with Gasteiger partial charge in [-0.25, -0.2) is 0 Å². The third-order valence-electron chi connectivity index (χ3n) is 4.25. The molecule has 0 aliphatic rings. The Bertz CT molecular complexity index is 792. The number of carbonyl (C=O) groups excluding carboxylic acids is 1. The van der Waals surface area contributed by atoms with Gasteiger partial charge >= 0.3 is 0 Å². The van der Waals surface area contributed by atoms with E-state index in [1.54, 1.807) is 30.3 Å². The Hall–Kier alpha value is -2.75. The van der Waals surface area contributed by atoms with Crippen molar-refractivity contribution in [3.63, 3.8) is 0 Å². The second-order valence-electron chi connectivity index (χ2n) is 6.16. The SMILES string of the molecule is CCCOc1c(CC)cc(CC)c(O)c1C=CC(=O)c1ccc(N)cc1. The number of nitrogens with two attached hydrogens (primary N) is 1. The molecule has 2 rings (SSSR count). The second kappa shape index (κ2) is 9.09. The minimum atomic E-state index is -0.147. The van der Waals surface area contributed by atoms with Crippen molar-refractivity contribution in [2.45, 2.75) is 40.0 Å². The van der Waals surface area contributed by atoms with Crippen molar-refractivity contribution in [2.24, 2.45) is 0 Å². The average molecular weight is 353 g/mol. The molecule has 3 N–H and O–H groups in total. The zero-order valence-corrected chi connectivity index (χ0v) is 15.7. The molecular formula is C22H27NO3. The highest BCUT2D eigenvalue weighted by Gasteiger charge is 2.16. The molecule has 26 heavy (non-hydrogen) atoms. The smallest absolute Gasteiger partial charge is 0.185 e. The minimum absolute atomic E-state index is 0.147. The van der Waals surface area contributed by atoms with Crippen LogP contribution in [0, 0.1) is 0 Å². The number of aromatic hydroxyl groups is 1. The van der Waals surface area contributed by atoms with Crippen molar-refractivity contribution in [3.8, 4) is 11.5 Å². The maximum atomic E-state index is 12.4. The first-order valence-corrected chi connectivity index (χ1v) is 9.10. The summed E-state index contributed by atoms with van der Waals surface area (Å²) < 4.78 is 5.90. The Morgan fingerprint density at radius 2 is 1.77 bits per heavy atom. The predicted octanol–water partition coefficient (Wildman–Crippen LogP) is 4.78. The molecule has 0 atom stereocenters. The van der Waals surface area contributed by atoms with Gasteiger partial charge in [-0.2, -0.15) is 0 Å². The summed E-state index contributed by atoms with van der Waals surface area (Å²) in [4.78, 5) is 12.4. The molecular weight excluding hydrogens is 326 g/mol. The third kappa shape index (κ3) is 4.45. The molecule has 0 amide bonds. The van der Waals surface area contributed by atoms with Crippen LogP contribution in [0.15, 0.2) is 36.4 Å². The number of allylic oxidation sites excluding steroid dienone is 1. The van der Waals surface area contributed by atoms with Crippen molar-refractivity contribution in [3.05, 3.63) is 58.7 Å². The molecule has 4 nitrogen and oxygen atoms in total. The van der Waals surface area contributed by atoms with Gasteiger partial charge in [0.25, 0.3) is 0 Å². The number of phenolic OH excluding ortho intramolecular Hbond substituents is 1. The summed E-state index contributed by atoms with van der Waals surface area (Å²) >= 11 is 0. The van der Waals surface area contributed by atoms with Crippen molar-refractivity contribution in [1.82, 2.24) is 0 Å². The van der Waals surface area contributed by atoms with E-state index in [0.29, 0.717) is 35.6 Å². The summed E-state index contributed by atoms with van der Waals surface area (Å²) in [6, 6.07) is 8.76. The lowest BCUT2D eigenvalue weighted by atomic mass is 9.98. The highest BCUT2D eigenvalue weighted by atomic mass is 16.5. The first-order valence-electron chi connectivity index (χ1n) is 9.10. The molecule has 0 heterocycles. The molecule has 138 valence electrons. The molecule has 0 aliphatic carbocycles. The first-order chi connectivity index (χ1) is 12.5. The van der Waals surface area contributed by atoms with Crippen LogP contribution < -0.4 is 10.5 Å². The molecule has 0 aromatic heterocycles. The van der Waals surface area contributed by atoms with E-state index in [9.17, 15) is 9.90 Å². The van der Waals surface area contributed by atoms with Gasteiger partial charge in [0.2, 0.25) is 0 Å². The third-order valence-corrected chi connectivity index (χ3v) is 4.25. The lowest BCUT2D eigenvalue weighted by Gasteiger charge is -2.17. The largest absolute Gasteiger partial charge is 0.507 e. The second-order valence-corrected chi connectivity index (χ2v) is 6.16. The van der Waals surface area contributed by atoms with E-state index < -0.39 is 0 Å². The zero-order chi connectivity index (χ0) is 19.1. The monoisotopic (exact) mass is 353 g/mol. The van der Waals surface area contributed by atoms with Crippen LogP contribution in [0.2, 0.25) is 0 Å². The fourth-order valence-electron chi connectivity index (χ4n) is 2.76. The number of hydrogen-bond donors (Lipinski definition) is 2. The van der Waals surface area contributed by atoms with Crippen LogP contribution in [0.25, 0.3) is 6.08 Å². The van der Waals surface area contributed by atoms with Gasteiger partial charge in [0.1, 0.15) is 11.5 Å². The van der Waals surface area contributed by atoms with Gasteiger partial charge in [-0.3, -0.25) is 4.79 Å². The maximum absolute atomic E-state index is 12.4. The number of benzene rings is 2. The van der Waals surface area contributed by atoms with Gasteiger partial charge in [-0.05, 0) is 72.9 Å². The fourth-order valence-corrected chi connectivity index (χ4v) is 2.76. The van der Waals surface area contributed by atoms with Crippen LogP contribution in [-0.4, -0.2) is 17.5 Å². The van der Waals surface area contributed by atoms with E-state index in [-0.39, 0.29) is 11.5 Å². The molecule has 4 heteroatoms. The molecule has 2 aromatic rings. The lowest BCUT2D eigenvalue weighted by molar-refractivity contribution is 0.104. The maximum Gasteiger partial charge on any atom is 0.185 e. The molecule has 0 radical (unpaired) electrons. The molecule has 0 unspecified atom stereocenters. The van der Waals surface area contributed by atoms with E-state index in [4.69, 9.17) is 10.5 Å². The number of carbonyl (C=O) groups is 1. The number of aryl methyl sites for hydroxylation is 2. The zero-order valence-electron chi connectivity index (χ0n) is 15.7. The van der Waals surface area contributed by atoms with E-state index in [0.717, 1.165) is 24.0 Å². The Kier molecular flexibility index (Phi) is 6.84. The number of anilines is 1. The summed E-state index contributed by atoms with van der Waals surface area (Å²) in [5.74, 6) is 0.688. The number of ketones is 1. The van der Waals surface area contributed by atoms with E-state index in [2.05, 4.69) is 6.92 Å². The van der Waals surface area contributed by atoms with Gasteiger partial charge in [-0.15, -0.1) is 0 Å². The van der Waals surface area contributed by atoms with Crippen molar-refractivity contribution in [2.75, 3.05) is 12.3 Å². The van der Waals surface area contributed by atoms with Crippen molar-refractivity contribution >= 4 is 17.5 Å². The van der Waals surface area contributed by atoms with Gasteiger partial charge in [-0.1, -0.05) is 20.8 Å². The quantitative estimate of drug-likeness (QED) is 0.407. The van der Waals surface area contributed by atoms with E-state index in [1.165, 1.54) is 6.08 Å². The van der Waals surface area contributed by atoms with Crippen LogP contribution in [0.1, 0.15) is 54.2 Å². The van der Waals surface area contributed by atoms with E-state index in [1.807, 2.05) is 19.9 Å². The Balaban J connectivity index is 2.44. The summed E-state index contributed by atoms with van der Waals surface area (Å²) in [7, 11) is 0. The number of hydrogen-bond acceptors (Lipinski definition) is 4. The number of nitrogen functional groups attached to an aromatic ring is 1. The Labute approximate surface area is 155 Å². The lowest BCUT2D eigenvalue weighted by Crippen LogP contribution is -2.03. The summed E-state index contributed by atoms with van der Waals surface area (Å²) in [5, 5.41) is 10.6. The van der Waals surface area contributed by atoms with Crippen LogP contribution in [0.4, 0.5) is 5.69 Å². The molecule has 0 spiro atoms. The topological polar surface area (TPSA) is 72.5 Å². The predicted molar refractivity (Wildman–Crippen MR) is 107 cm³/mol. The molecule has 0 aliphatic heterocycles. The summed E-state index contributed by atoms with van der Waals surface area (Å²) in [6.07, 6.45) is 5.49.